The fraction of sp³-hybridized carbons (Fsp3) is 0.625. The summed E-state index contributed by atoms with van der Waals surface area (Å²) < 4.78 is 10.8. The van der Waals surface area contributed by atoms with E-state index in [4.69, 9.17) is 32.7 Å². The molecule has 4 nitrogen and oxygen atoms in total. The second-order valence-electron chi connectivity index (χ2n) is 5.58. The van der Waals surface area contributed by atoms with Gasteiger partial charge in [0.2, 0.25) is 0 Å². The molecule has 1 unspecified atom stereocenters. The van der Waals surface area contributed by atoms with Crippen molar-refractivity contribution in [3.05, 3.63) is 33.8 Å². The van der Waals surface area contributed by atoms with Gasteiger partial charge in [-0.2, -0.15) is 0 Å². The van der Waals surface area contributed by atoms with Crippen molar-refractivity contribution in [1.29, 1.82) is 0 Å². The molecule has 1 rings (SSSR count). The lowest BCUT2D eigenvalue weighted by Gasteiger charge is -2.21. The lowest BCUT2D eigenvalue weighted by Crippen LogP contribution is -2.32. The van der Waals surface area contributed by atoms with Crippen LogP contribution in [0.2, 0.25) is 10.0 Å². The zero-order valence-corrected chi connectivity index (χ0v) is 14.9. The van der Waals surface area contributed by atoms with Crippen molar-refractivity contribution in [1.82, 2.24) is 4.90 Å². The molecule has 6 heteroatoms. The van der Waals surface area contributed by atoms with Gasteiger partial charge in [-0.25, -0.2) is 0 Å². The van der Waals surface area contributed by atoms with Crippen LogP contribution in [0.4, 0.5) is 0 Å². The van der Waals surface area contributed by atoms with Crippen LogP contribution in [-0.4, -0.2) is 55.6 Å². The number of nitrogens with zero attached hydrogens (tertiary/aromatic N) is 1. The minimum Gasteiger partial charge on any atom is -0.389 e. The van der Waals surface area contributed by atoms with Crippen LogP contribution < -0.4 is 0 Å². The van der Waals surface area contributed by atoms with Gasteiger partial charge in [-0.05, 0) is 38.6 Å². The van der Waals surface area contributed by atoms with Gasteiger partial charge in [0.25, 0.3) is 0 Å². The van der Waals surface area contributed by atoms with E-state index in [-0.39, 0.29) is 6.10 Å². The van der Waals surface area contributed by atoms with E-state index in [1.54, 1.807) is 6.07 Å². The SMILES string of the molecule is CC(C)OCCOCC(O)CN(C)Cc1ccc(Cl)cc1Cl. The molecule has 0 spiro atoms. The van der Waals surface area contributed by atoms with Crippen molar-refractivity contribution in [2.75, 3.05) is 33.4 Å². The van der Waals surface area contributed by atoms with Gasteiger partial charge in [0.1, 0.15) is 0 Å². The standard InChI is InChI=1S/C16H25Cl2NO3/c1-12(2)22-7-6-21-11-15(20)10-19(3)9-13-4-5-14(17)8-16(13)18/h4-5,8,12,15,20H,6-7,9-11H2,1-3H3. The Labute approximate surface area is 142 Å². The smallest absolute Gasteiger partial charge is 0.0900 e. The molecule has 0 amide bonds. The highest BCUT2D eigenvalue weighted by molar-refractivity contribution is 6.35. The first-order valence-corrected chi connectivity index (χ1v) is 8.14. The normalized spacial score (nSPS) is 13.1. The topological polar surface area (TPSA) is 41.9 Å². The van der Waals surface area contributed by atoms with Crippen LogP contribution in [0.15, 0.2) is 18.2 Å². The molecular weight excluding hydrogens is 325 g/mol. The van der Waals surface area contributed by atoms with Gasteiger partial charge >= 0.3 is 0 Å². The molecule has 1 aromatic carbocycles. The number of hydrogen-bond donors (Lipinski definition) is 1. The lowest BCUT2D eigenvalue weighted by atomic mass is 10.2. The predicted molar refractivity (Wildman–Crippen MR) is 90.7 cm³/mol. The zero-order chi connectivity index (χ0) is 16.5. The number of hydrogen-bond acceptors (Lipinski definition) is 4. The average Bonchev–Trinajstić information content (AvgIpc) is 2.41. The minimum absolute atomic E-state index is 0.198. The summed E-state index contributed by atoms with van der Waals surface area (Å²) in [5, 5.41) is 11.2. The van der Waals surface area contributed by atoms with Crippen LogP contribution in [0.5, 0.6) is 0 Å². The first kappa shape index (κ1) is 19.7. The Hall–Kier alpha value is -0.360. The number of aliphatic hydroxyl groups excluding tert-OH is 1. The molecule has 0 aliphatic heterocycles. The van der Waals surface area contributed by atoms with E-state index in [0.29, 0.717) is 43.0 Å². The highest BCUT2D eigenvalue weighted by Crippen LogP contribution is 2.21. The quantitative estimate of drug-likeness (QED) is 0.658. The third-order valence-corrected chi connectivity index (χ3v) is 3.55. The second kappa shape index (κ2) is 10.4. The van der Waals surface area contributed by atoms with E-state index < -0.39 is 6.10 Å². The molecule has 126 valence electrons. The van der Waals surface area contributed by atoms with E-state index in [9.17, 15) is 5.11 Å². The molecule has 1 N–H and O–H groups in total. The monoisotopic (exact) mass is 349 g/mol. The molecule has 0 fully saturated rings. The van der Waals surface area contributed by atoms with Gasteiger partial charge in [0.05, 0.1) is 32.0 Å². The molecule has 0 bridgehead atoms. The number of ether oxygens (including phenoxy) is 2. The molecule has 0 radical (unpaired) electrons. The van der Waals surface area contributed by atoms with E-state index in [1.807, 2.05) is 37.9 Å². The van der Waals surface area contributed by atoms with Crippen LogP contribution in [0.3, 0.4) is 0 Å². The van der Waals surface area contributed by atoms with E-state index in [0.717, 1.165) is 5.56 Å². The molecule has 0 aromatic heterocycles. The maximum atomic E-state index is 9.96. The molecule has 0 saturated heterocycles. The molecule has 0 aliphatic carbocycles. The fourth-order valence-electron chi connectivity index (χ4n) is 1.98. The van der Waals surface area contributed by atoms with E-state index >= 15 is 0 Å². The van der Waals surface area contributed by atoms with Crippen molar-refractivity contribution in [2.45, 2.75) is 32.6 Å². The van der Waals surface area contributed by atoms with E-state index in [2.05, 4.69) is 0 Å². The largest absolute Gasteiger partial charge is 0.389 e. The van der Waals surface area contributed by atoms with Crippen molar-refractivity contribution in [2.24, 2.45) is 0 Å². The second-order valence-corrected chi connectivity index (χ2v) is 6.42. The number of benzene rings is 1. The Bertz CT molecular complexity index is 443. The van der Waals surface area contributed by atoms with E-state index in [1.165, 1.54) is 0 Å². The zero-order valence-electron chi connectivity index (χ0n) is 13.4. The maximum absolute atomic E-state index is 9.96. The molecule has 22 heavy (non-hydrogen) atoms. The summed E-state index contributed by atoms with van der Waals surface area (Å²) in [7, 11) is 1.93. The first-order chi connectivity index (χ1) is 10.4. The molecule has 0 aliphatic rings. The van der Waals surface area contributed by atoms with Crippen molar-refractivity contribution in [3.63, 3.8) is 0 Å². The van der Waals surface area contributed by atoms with Gasteiger partial charge in [-0.1, -0.05) is 29.3 Å². The van der Waals surface area contributed by atoms with Crippen LogP contribution in [0.25, 0.3) is 0 Å². The molecular formula is C16H25Cl2NO3. The summed E-state index contributed by atoms with van der Waals surface area (Å²) in [6.07, 6.45) is -0.348. The Morgan fingerprint density at radius 1 is 1.23 bits per heavy atom. The van der Waals surface area contributed by atoms with Crippen molar-refractivity contribution < 1.29 is 14.6 Å². The van der Waals surface area contributed by atoms with Crippen LogP contribution in [-0.2, 0) is 16.0 Å². The van der Waals surface area contributed by atoms with Crippen LogP contribution in [0, 0.1) is 0 Å². The Morgan fingerprint density at radius 3 is 2.59 bits per heavy atom. The van der Waals surface area contributed by atoms with Crippen LogP contribution >= 0.6 is 23.2 Å². The predicted octanol–water partition coefficient (Wildman–Crippen LogP) is 3.23. The number of aliphatic hydroxyl groups is 1. The summed E-state index contributed by atoms with van der Waals surface area (Å²) in [6, 6.07) is 5.43. The number of halogens is 2. The molecule has 1 aromatic rings. The van der Waals surface area contributed by atoms with Gasteiger partial charge in [-0.3, -0.25) is 4.90 Å². The Kier molecular flexibility index (Phi) is 9.33. The van der Waals surface area contributed by atoms with Crippen molar-refractivity contribution >= 4 is 23.2 Å². The number of rotatable bonds is 10. The van der Waals surface area contributed by atoms with Crippen molar-refractivity contribution in [3.8, 4) is 0 Å². The summed E-state index contributed by atoms with van der Waals surface area (Å²) in [4.78, 5) is 1.99. The molecule has 0 heterocycles. The minimum atomic E-state index is -0.546. The van der Waals surface area contributed by atoms with Gasteiger partial charge in [0.15, 0.2) is 0 Å². The summed E-state index contributed by atoms with van der Waals surface area (Å²) in [5.41, 5.74) is 0.979. The number of likely N-dealkylation sites (N-methyl/N-ethyl adjacent to an activating group) is 1. The third kappa shape index (κ3) is 8.32. The highest BCUT2D eigenvalue weighted by atomic mass is 35.5. The summed E-state index contributed by atoms with van der Waals surface area (Å²) in [5.74, 6) is 0. The average molecular weight is 350 g/mol. The van der Waals surface area contributed by atoms with Gasteiger partial charge < -0.3 is 14.6 Å². The third-order valence-electron chi connectivity index (χ3n) is 2.97. The van der Waals surface area contributed by atoms with Gasteiger partial charge in [0, 0.05) is 23.1 Å². The maximum Gasteiger partial charge on any atom is 0.0900 e. The highest BCUT2D eigenvalue weighted by Gasteiger charge is 2.11. The lowest BCUT2D eigenvalue weighted by molar-refractivity contribution is -0.0174. The Morgan fingerprint density at radius 2 is 1.95 bits per heavy atom. The summed E-state index contributed by atoms with van der Waals surface area (Å²) in [6.45, 7) is 6.42. The Balaban J connectivity index is 2.24. The molecule has 0 saturated carbocycles. The van der Waals surface area contributed by atoms with Crippen LogP contribution in [0.1, 0.15) is 19.4 Å². The summed E-state index contributed by atoms with van der Waals surface area (Å²) >= 11 is 12.0. The fourth-order valence-corrected chi connectivity index (χ4v) is 2.45. The van der Waals surface area contributed by atoms with Gasteiger partial charge in [-0.15, -0.1) is 0 Å². The molecule has 1 atom stereocenters. The first-order valence-electron chi connectivity index (χ1n) is 7.38.